The van der Waals surface area contributed by atoms with Crippen LogP contribution in [-0.4, -0.2) is 37.3 Å². The first-order valence-corrected chi connectivity index (χ1v) is 7.65. The van der Waals surface area contributed by atoms with Crippen molar-refractivity contribution in [1.82, 2.24) is 10.2 Å². The van der Waals surface area contributed by atoms with Crippen LogP contribution in [0.4, 0.5) is 18.9 Å². The molecule has 3 nitrogen and oxygen atoms in total. The molecule has 1 aliphatic heterocycles. The van der Waals surface area contributed by atoms with Crippen LogP contribution in [0.1, 0.15) is 11.6 Å². The Morgan fingerprint density at radius 2 is 1.80 bits per heavy atom. The maximum Gasteiger partial charge on any atom is 0.408 e. The van der Waals surface area contributed by atoms with Crippen LogP contribution in [0.15, 0.2) is 21.1 Å². The van der Waals surface area contributed by atoms with E-state index in [0.29, 0.717) is 35.1 Å². The highest BCUT2D eigenvalue weighted by Crippen LogP contribution is 2.43. The highest BCUT2D eigenvalue weighted by molar-refractivity contribution is 9.11. The van der Waals surface area contributed by atoms with Gasteiger partial charge in [-0.3, -0.25) is 4.90 Å². The van der Waals surface area contributed by atoms with Gasteiger partial charge in [0.05, 0.1) is 5.69 Å². The topological polar surface area (TPSA) is 41.3 Å². The van der Waals surface area contributed by atoms with Crippen LogP contribution in [0, 0.1) is 0 Å². The lowest BCUT2D eigenvalue weighted by atomic mass is 10.0. The fourth-order valence-corrected chi connectivity index (χ4v) is 3.61. The Bertz CT molecular complexity index is 488. The molecule has 1 heterocycles. The summed E-state index contributed by atoms with van der Waals surface area (Å²) >= 11 is 6.43. The molecule has 0 radical (unpaired) electrons. The Morgan fingerprint density at radius 3 is 2.35 bits per heavy atom. The number of halogens is 5. The molecule has 1 atom stereocenters. The van der Waals surface area contributed by atoms with Crippen molar-refractivity contribution in [3.05, 3.63) is 26.6 Å². The number of hydrogen-bond donors (Lipinski definition) is 2. The zero-order valence-electron chi connectivity index (χ0n) is 10.5. The van der Waals surface area contributed by atoms with Gasteiger partial charge in [0.1, 0.15) is 6.04 Å². The van der Waals surface area contributed by atoms with E-state index in [0.717, 1.165) is 0 Å². The van der Waals surface area contributed by atoms with E-state index in [2.05, 4.69) is 37.2 Å². The fourth-order valence-electron chi connectivity index (χ4n) is 2.35. The lowest BCUT2D eigenvalue weighted by molar-refractivity contribution is -0.187. The van der Waals surface area contributed by atoms with Gasteiger partial charge in [-0.1, -0.05) is 15.9 Å². The van der Waals surface area contributed by atoms with Crippen molar-refractivity contribution in [3.8, 4) is 0 Å². The molecule has 0 amide bonds. The Morgan fingerprint density at radius 1 is 1.20 bits per heavy atom. The smallest absolute Gasteiger partial charge is 0.398 e. The largest absolute Gasteiger partial charge is 0.408 e. The number of nitrogens with one attached hydrogen (secondary N) is 1. The van der Waals surface area contributed by atoms with Crippen molar-refractivity contribution in [1.29, 1.82) is 0 Å². The molecule has 2 rings (SSSR count). The average Bonchev–Trinajstić information content (AvgIpc) is 2.35. The van der Waals surface area contributed by atoms with Crippen LogP contribution in [0.5, 0.6) is 0 Å². The molecule has 0 bridgehead atoms. The summed E-state index contributed by atoms with van der Waals surface area (Å²) in [5, 5.41) is 3.05. The van der Waals surface area contributed by atoms with E-state index in [1.54, 1.807) is 6.07 Å². The van der Waals surface area contributed by atoms with Gasteiger partial charge in [0, 0.05) is 40.7 Å². The van der Waals surface area contributed by atoms with E-state index in [9.17, 15) is 13.2 Å². The number of nitrogen functional groups attached to an aromatic ring is 1. The molecule has 0 aliphatic carbocycles. The number of hydrogen-bond acceptors (Lipinski definition) is 3. The molecule has 0 saturated carbocycles. The molecular formula is C12H14Br2F3N3. The average molecular weight is 417 g/mol. The monoisotopic (exact) mass is 415 g/mol. The second-order valence-corrected chi connectivity index (χ2v) is 6.39. The number of nitrogens with two attached hydrogens (primary N) is 1. The minimum absolute atomic E-state index is 0.0839. The van der Waals surface area contributed by atoms with Crippen molar-refractivity contribution >= 4 is 37.5 Å². The third-order valence-electron chi connectivity index (χ3n) is 3.25. The molecule has 0 spiro atoms. The van der Waals surface area contributed by atoms with Gasteiger partial charge in [-0.25, -0.2) is 0 Å². The molecule has 8 heteroatoms. The number of piperazine rings is 1. The zero-order valence-corrected chi connectivity index (χ0v) is 13.6. The van der Waals surface area contributed by atoms with Crippen LogP contribution in [-0.2, 0) is 0 Å². The molecule has 1 aliphatic rings. The van der Waals surface area contributed by atoms with Crippen LogP contribution in [0.2, 0.25) is 0 Å². The van der Waals surface area contributed by atoms with Crippen molar-refractivity contribution < 1.29 is 13.2 Å². The normalized spacial score (nSPS) is 19.1. The molecule has 0 unspecified atom stereocenters. The van der Waals surface area contributed by atoms with Gasteiger partial charge in [-0.05, 0) is 28.1 Å². The Hall–Kier alpha value is -0.310. The van der Waals surface area contributed by atoms with Gasteiger partial charge in [0.15, 0.2) is 0 Å². The van der Waals surface area contributed by atoms with E-state index in [4.69, 9.17) is 5.73 Å². The second kappa shape index (κ2) is 6.21. The number of anilines is 1. The van der Waals surface area contributed by atoms with Crippen LogP contribution in [0.3, 0.4) is 0 Å². The highest BCUT2D eigenvalue weighted by Gasteiger charge is 2.46. The summed E-state index contributed by atoms with van der Waals surface area (Å²) in [5.74, 6) is 0. The highest BCUT2D eigenvalue weighted by atomic mass is 79.9. The lowest BCUT2D eigenvalue weighted by Crippen LogP contribution is -2.49. The molecule has 1 aromatic carbocycles. The molecule has 0 aromatic heterocycles. The summed E-state index contributed by atoms with van der Waals surface area (Å²) in [6, 6.07) is 1.41. The Balaban J connectivity index is 2.46. The molecule has 1 aromatic rings. The number of nitrogens with zero attached hydrogens (tertiary/aromatic N) is 1. The number of benzene rings is 1. The van der Waals surface area contributed by atoms with Gasteiger partial charge in [0.25, 0.3) is 0 Å². The number of rotatable bonds is 2. The van der Waals surface area contributed by atoms with Gasteiger partial charge >= 0.3 is 6.18 Å². The third-order valence-corrected chi connectivity index (χ3v) is 4.36. The Labute approximate surface area is 131 Å². The summed E-state index contributed by atoms with van der Waals surface area (Å²) in [6.07, 6.45) is -4.37. The zero-order chi connectivity index (χ0) is 14.9. The van der Waals surface area contributed by atoms with Crippen LogP contribution >= 0.6 is 31.9 Å². The van der Waals surface area contributed by atoms with Crippen molar-refractivity contribution in [3.63, 3.8) is 0 Å². The maximum atomic E-state index is 13.5. The van der Waals surface area contributed by atoms with E-state index in [1.165, 1.54) is 11.0 Å². The molecular weight excluding hydrogens is 403 g/mol. The van der Waals surface area contributed by atoms with E-state index in [-0.39, 0.29) is 11.3 Å². The molecule has 3 N–H and O–H groups in total. The van der Waals surface area contributed by atoms with Crippen molar-refractivity contribution in [2.45, 2.75) is 12.2 Å². The first-order chi connectivity index (χ1) is 9.30. The summed E-state index contributed by atoms with van der Waals surface area (Å²) < 4.78 is 41.5. The van der Waals surface area contributed by atoms with Crippen molar-refractivity contribution in [2.24, 2.45) is 0 Å². The summed E-state index contributed by atoms with van der Waals surface area (Å²) in [7, 11) is 0. The van der Waals surface area contributed by atoms with Gasteiger partial charge in [-0.15, -0.1) is 0 Å². The van der Waals surface area contributed by atoms with E-state index < -0.39 is 12.2 Å². The maximum absolute atomic E-state index is 13.5. The van der Waals surface area contributed by atoms with E-state index in [1.807, 2.05) is 0 Å². The third kappa shape index (κ3) is 3.47. The molecule has 112 valence electrons. The first-order valence-electron chi connectivity index (χ1n) is 6.06. The summed E-state index contributed by atoms with van der Waals surface area (Å²) in [5.41, 5.74) is 6.06. The first kappa shape index (κ1) is 16.1. The lowest BCUT2D eigenvalue weighted by Gasteiger charge is -2.36. The summed E-state index contributed by atoms with van der Waals surface area (Å²) in [4.78, 5) is 1.42. The molecule has 1 saturated heterocycles. The van der Waals surface area contributed by atoms with Crippen LogP contribution in [0.25, 0.3) is 0 Å². The standard InChI is InChI=1S/C12H14Br2F3N3/c13-7-5-8(10(18)9(14)6-7)11(12(15,16)17)20-3-1-19-2-4-20/h5-6,11,19H,1-4,18H2/t11-/m1/s1. The van der Waals surface area contributed by atoms with E-state index >= 15 is 0 Å². The van der Waals surface area contributed by atoms with Gasteiger partial charge in [-0.2, -0.15) is 13.2 Å². The van der Waals surface area contributed by atoms with Gasteiger partial charge < -0.3 is 11.1 Å². The summed E-state index contributed by atoms with van der Waals surface area (Å²) in [6.45, 7) is 1.77. The fraction of sp³-hybridized carbons (Fsp3) is 0.500. The SMILES string of the molecule is Nc1c(Br)cc(Br)cc1[C@@H](N1CCNCC1)C(F)(F)F. The predicted molar refractivity (Wildman–Crippen MR) is 79.5 cm³/mol. The minimum Gasteiger partial charge on any atom is -0.398 e. The Kier molecular flexibility index (Phi) is 4.99. The second-order valence-electron chi connectivity index (χ2n) is 4.62. The van der Waals surface area contributed by atoms with Crippen LogP contribution < -0.4 is 11.1 Å². The van der Waals surface area contributed by atoms with Crippen molar-refractivity contribution in [2.75, 3.05) is 31.9 Å². The van der Waals surface area contributed by atoms with Gasteiger partial charge in [0.2, 0.25) is 0 Å². The minimum atomic E-state index is -4.37. The predicted octanol–water partition coefficient (Wildman–Crippen LogP) is 3.30. The number of alkyl halides is 3. The molecule has 1 fully saturated rings. The quantitative estimate of drug-likeness (QED) is 0.727. The molecule has 20 heavy (non-hydrogen) atoms.